The molecule has 1 unspecified atom stereocenters. The summed E-state index contributed by atoms with van der Waals surface area (Å²) in [5.41, 5.74) is 0.510. The molecule has 0 fully saturated rings. The maximum absolute atomic E-state index is 11.9. The van der Waals surface area contributed by atoms with E-state index in [0.29, 0.717) is 18.0 Å². The van der Waals surface area contributed by atoms with Crippen LogP contribution in [0.5, 0.6) is 0 Å². The number of nitrogens with one attached hydrogen (secondary N) is 1. The second-order valence-electron chi connectivity index (χ2n) is 4.20. The van der Waals surface area contributed by atoms with Crippen molar-refractivity contribution >= 4 is 11.9 Å². The fraction of sp³-hybridized carbons (Fsp3) is 0.583. The highest BCUT2D eigenvalue weighted by Crippen LogP contribution is 2.11. The van der Waals surface area contributed by atoms with Crippen LogP contribution in [0.25, 0.3) is 0 Å². The maximum atomic E-state index is 11.9. The molecule has 6 heteroatoms. The number of aromatic nitrogens is 1. The third kappa shape index (κ3) is 3.87. The van der Waals surface area contributed by atoms with Crippen molar-refractivity contribution < 1.29 is 19.1 Å². The van der Waals surface area contributed by atoms with Crippen LogP contribution in [0.2, 0.25) is 0 Å². The van der Waals surface area contributed by atoms with Gasteiger partial charge in [-0.3, -0.25) is 9.59 Å². The van der Waals surface area contributed by atoms with Gasteiger partial charge in [-0.1, -0.05) is 13.3 Å². The van der Waals surface area contributed by atoms with Crippen molar-refractivity contribution in [3.63, 3.8) is 0 Å². The van der Waals surface area contributed by atoms with E-state index in [2.05, 4.69) is 10.3 Å². The van der Waals surface area contributed by atoms with E-state index in [4.69, 9.17) is 9.52 Å². The van der Waals surface area contributed by atoms with Crippen molar-refractivity contribution in [3.05, 3.63) is 17.3 Å². The van der Waals surface area contributed by atoms with Crippen LogP contribution in [0.4, 0.5) is 0 Å². The summed E-state index contributed by atoms with van der Waals surface area (Å²) >= 11 is 0. The van der Waals surface area contributed by atoms with E-state index in [0.717, 1.165) is 6.42 Å². The molecular formula is C12H18N2O4. The summed E-state index contributed by atoms with van der Waals surface area (Å²) in [6.07, 6.45) is 1.32. The number of rotatable bonds is 6. The first-order chi connectivity index (χ1) is 8.43. The Balaban J connectivity index is 2.71. The summed E-state index contributed by atoms with van der Waals surface area (Å²) in [4.78, 5) is 26.6. The van der Waals surface area contributed by atoms with Crippen molar-refractivity contribution in [1.29, 1.82) is 0 Å². The fourth-order valence-electron chi connectivity index (χ4n) is 1.78. The van der Waals surface area contributed by atoms with E-state index in [1.807, 2.05) is 6.92 Å². The van der Waals surface area contributed by atoms with Crippen molar-refractivity contribution in [2.75, 3.05) is 0 Å². The van der Waals surface area contributed by atoms with Crippen molar-refractivity contribution in [3.8, 4) is 0 Å². The Kier molecular flexibility index (Phi) is 4.88. The molecule has 2 N–H and O–H groups in total. The Hall–Kier alpha value is -1.85. The monoisotopic (exact) mass is 254 g/mol. The van der Waals surface area contributed by atoms with Gasteiger partial charge in [-0.25, -0.2) is 4.98 Å². The number of oxazole rings is 1. The average Bonchev–Trinajstić information content (AvgIpc) is 2.57. The molecule has 0 bridgehead atoms. The normalized spacial score (nSPS) is 12.2. The molecule has 1 aromatic heterocycles. The smallest absolute Gasteiger partial charge is 0.305 e. The van der Waals surface area contributed by atoms with Crippen LogP contribution < -0.4 is 5.32 Å². The molecule has 0 aliphatic carbocycles. The largest absolute Gasteiger partial charge is 0.481 e. The Morgan fingerprint density at radius 1 is 1.44 bits per heavy atom. The molecule has 0 aromatic carbocycles. The highest BCUT2D eigenvalue weighted by atomic mass is 16.4. The zero-order valence-corrected chi connectivity index (χ0v) is 10.8. The van der Waals surface area contributed by atoms with E-state index >= 15 is 0 Å². The number of aryl methyl sites for hydroxylation is 2. The number of nitrogens with zero attached hydrogens (tertiary/aromatic N) is 1. The summed E-state index contributed by atoms with van der Waals surface area (Å²) in [5.74, 6) is -0.769. The van der Waals surface area contributed by atoms with Gasteiger partial charge in [0.2, 0.25) is 5.76 Å². The Labute approximate surface area is 105 Å². The Morgan fingerprint density at radius 3 is 2.56 bits per heavy atom. The highest BCUT2D eigenvalue weighted by molar-refractivity contribution is 5.92. The Morgan fingerprint density at radius 2 is 2.11 bits per heavy atom. The van der Waals surface area contributed by atoms with Gasteiger partial charge in [0, 0.05) is 13.0 Å². The summed E-state index contributed by atoms with van der Waals surface area (Å²) in [6, 6.07) is -0.384. The topological polar surface area (TPSA) is 92.4 Å². The predicted octanol–water partition coefficient (Wildman–Crippen LogP) is 1.66. The van der Waals surface area contributed by atoms with Crippen LogP contribution in [-0.2, 0) is 4.79 Å². The van der Waals surface area contributed by atoms with Gasteiger partial charge in [-0.05, 0) is 13.3 Å². The number of amides is 1. The van der Waals surface area contributed by atoms with Gasteiger partial charge in [0.1, 0.15) is 0 Å². The molecule has 1 rings (SSSR count). The SMILES string of the molecule is CCCC(CC(=O)O)NC(=O)c1oc(C)nc1C. The van der Waals surface area contributed by atoms with Crippen molar-refractivity contribution in [2.24, 2.45) is 0 Å². The van der Waals surface area contributed by atoms with E-state index in [-0.39, 0.29) is 18.2 Å². The molecule has 0 aliphatic heterocycles. The molecule has 18 heavy (non-hydrogen) atoms. The number of hydrogen-bond donors (Lipinski definition) is 2. The van der Waals surface area contributed by atoms with E-state index in [9.17, 15) is 9.59 Å². The molecule has 6 nitrogen and oxygen atoms in total. The highest BCUT2D eigenvalue weighted by Gasteiger charge is 2.20. The lowest BCUT2D eigenvalue weighted by Gasteiger charge is -2.15. The second kappa shape index (κ2) is 6.18. The van der Waals surface area contributed by atoms with E-state index in [1.165, 1.54) is 0 Å². The lowest BCUT2D eigenvalue weighted by atomic mass is 10.1. The molecule has 1 amide bonds. The lowest BCUT2D eigenvalue weighted by molar-refractivity contribution is -0.137. The number of carbonyl (C=O) groups is 2. The molecule has 100 valence electrons. The molecular weight excluding hydrogens is 236 g/mol. The summed E-state index contributed by atoms with van der Waals surface area (Å²) < 4.78 is 5.19. The molecule has 1 heterocycles. The van der Waals surface area contributed by atoms with Crippen LogP contribution >= 0.6 is 0 Å². The predicted molar refractivity (Wildman–Crippen MR) is 64.4 cm³/mol. The molecule has 0 radical (unpaired) electrons. The van der Waals surface area contributed by atoms with Gasteiger partial charge in [0.05, 0.1) is 12.1 Å². The first-order valence-electron chi connectivity index (χ1n) is 5.90. The number of carboxylic acids is 1. The van der Waals surface area contributed by atoms with Gasteiger partial charge in [0.25, 0.3) is 5.91 Å². The van der Waals surface area contributed by atoms with Gasteiger partial charge >= 0.3 is 5.97 Å². The van der Waals surface area contributed by atoms with Gasteiger partial charge in [0.15, 0.2) is 5.89 Å². The zero-order valence-electron chi connectivity index (χ0n) is 10.8. The average molecular weight is 254 g/mol. The van der Waals surface area contributed by atoms with Crippen LogP contribution in [0, 0.1) is 13.8 Å². The maximum Gasteiger partial charge on any atom is 0.305 e. The van der Waals surface area contributed by atoms with Crippen LogP contribution in [0.3, 0.4) is 0 Å². The molecule has 1 atom stereocenters. The van der Waals surface area contributed by atoms with E-state index < -0.39 is 11.9 Å². The van der Waals surface area contributed by atoms with E-state index in [1.54, 1.807) is 13.8 Å². The van der Waals surface area contributed by atoms with Crippen LogP contribution in [-0.4, -0.2) is 28.0 Å². The minimum atomic E-state index is -0.931. The minimum Gasteiger partial charge on any atom is -0.481 e. The van der Waals surface area contributed by atoms with Gasteiger partial charge < -0.3 is 14.8 Å². The van der Waals surface area contributed by atoms with Gasteiger partial charge in [-0.2, -0.15) is 0 Å². The Bertz CT molecular complexity index is 439. The number of carboxylic acid groups (broad SMARTS) is 1. The lowest BCUT2D eigenvalue weighted by Crippen LogP contribution is -2.36. The minimum absolute atomic E-state index is 0.0915. The zero-order chi connectivity index (χ0) is 13.7. The molecule has 0 aliphatic rings. The third-order valence-corrected chi connectivity index (χ3v) is 2.50. The van der Waals surface area contributed by atoms with Crippen LogP contribution in [0.15, 0.2) is 4.42 Å². The summed E-state index contributed by atoms with van der Waals surface area (Å²) in [5, 5.41) is 11.4. The molecule has 1 aromatic rings. The summed E-state index contributed by atoms with van der Waals surface area (Å²) in [7, 11) is 0. The standard InChI is InChI=1S/C12H18N2O4/c1-4-5-9(6-10(15)16)14-12(17)11-7(2)13-8(3)18-11/h9H,4-6H2,1-3H3,(H,14,17)(H,15,16). The number of aliphatic carboxylic acids is 1. The van der Waals surface area contributed by atoms with Crippen molar-refractivity contribution in [1.82, 2.24) is 10.3 Å². The molecule has 0 saturated heterocycles. The first kappa shape index (κ1) is 14.2. The first-order valence-corrected chi connectivity index (χ1v) is 5.90. The summed E-state index contributed by atoms with van der Waals surface area (Å²) in [6.45, 7) is 5.27. The van der Waals surface area contributed by atoms with Crippen molar-refractivity contribution in [2.45, 2.75) is 46.1 Å². The number of hydrogen-bond acceptors (Lipinski definition) is 4. The number of carbonyl (C=O) groups excluding carboxylic acids is 1. The van der Waals surface area contributed by atoms with Crippen LogP contribution in [0.1, 0.15) is 48.3 Å². The molecule has 0 saturated carbocycles. The van der Waals surface area contributed by atoms with Gasteiger partial charge in [-0.15, -0.1) is 0 Å². The second-order valence-corrected chi connectivity index (χ2v) is 4.20. The molecule has 0 spiro atoms. The quantitative estimate of drug-likeness (QED) is 0.805. The fourth-order valence-corrected chi connectivity index (χ4v) is 1.78. The third-order valence-electron chi connectivity index (χ3n) is 2.50.